The molecule has 1 aromatic heterocycles. The lowest BCUT2D eigenvalue weighted by Gasteiger charge is -2.13. The van der Waals surface area contributed by atoms with E-state index >= 15 is 0 Å². The van der Waals surface area contributed by atoms with Crippen molar-refractivity contribution in [1.29, 1.82) is 0 Å². The number of nitrogens with one attached hydrogen (secondary N) is 2. The summed E-state index contributed by atoms with van der Waals surface area (Å²) in [6.07, 6.45) is 1.13. The smallest absolute Gasteiger partial charge is 0.277 e. The van der Waals surface area contributed by atoms with Crippen molar-refractivity contribution in [2.24, 2.45) is 5.73 Å². The Hall–Kier alpha value is -1.57. The fourth-order valence-corrected chi connectivity index (χ4v) is 0.683. The molecule has 0 fully saturated rings. The fourth-order valence-electron chi connectivity index (χ4n) is 0.683. The van der Waals surface area contributed by atoms with Gasteiger partial charge < -0.3 is 11.1 Å². The zero-order valence-corrected chi connectivity index (χ0v) is 7.13. The second kappa shape index (κ2) is 4.09. The molecule has 1 aromatic rings. The predicted octanol–water partition coefficient (Wildman–Crippen LogP) is -0.872. The summed E-state index contributed by atoms with van der Waals surface area (Å²) in [5.41, 5.74) is 4.73. The second-order valence-corrected chi connectivity index (χ2v) is 2.60. The SMILES string of the molecule is NCC(F)(F)CNC(=O)c1cn[nH]n1. The van der Waals surface area contributed by atoms with Crippen LogP contribution in [0.1, 0.15) is 10.5 Å². The van der Waals surface area contributed by atoms with E-state index in [1.54, 1.807) is 0 Å². The predicted molar refractivity (Wildman–Crippen MR) is 42.7 cm³/mol. The topological polar surface area (TPSA) is 96.7 Å². The van der Waals surface area contributed by atoms with Crippen molar-refractivity contribution in [2.45, 2.75) is 5.92 Å². The van der Waals surface area contributed by atoms with Gasteiger partial charge in [-0.15, -0.1) is 0 Å². The van der Waals surface area contributed by atoms with E-state index in [1.807, 2.05) is 5.32 Å². The molecule has 1 amide bonds. The first-order valence-electron chi connectivity index (χ1n) is 3.77. The quantitative estimate of drug-likeness (QED) is 0.595. The Morgan fingerprint density at radius 2 is 2.43 bits per heavy atom. The number of amides is 1. The average Bonchev–Trinajstić information content (AvgIpc) is 2.67. The summed E-state index contributed by atoms with van der Waals surface area (Å²) in [5, 5.41) is 11.0. The minimum atomic E-state index is -3.10. The van der Waals surface area contributed by atoms with Crippen LogP contribution in [0.25, 0.3) is 0 Å². The number of H-pyrrole nitrogens is 1. The molecule has 0 spiro atoms. The van der Waals surface area contributed by atoms with Gasteiger partial charge in [0, 0.05) is 0 Å². The summed E-state index contributed by atoms with van der Waals surface area (Å²) in [7, 11) is 0. The molecule has 0 saturated carbocycles. The number of rotatable bonds is 4. The number of nitrogens with two attached hydrogens (primary N) is 1. The molecule has 0 aliphatic carbocycles. The first-order valence-corrected chi connectivity index (χ1v) is 3.77. The van der Waals surface area contributed by atoms with Crippen LogP contribution in [0.5, 0.6) is 0 Å². The summed E-state index contributed by atoms with van der Waals surface area (Å²) < 4.78 is 25.1. The maximum Gasteiger partial charge on any atom is 0.277 e. The van der Waals surface area contributed by atoms with Crippen LogP contribution in [0.2, 0.25) is 0 Å². The number of nitrogens with zero attached hydrogens (tertiary/aromatic N) is 2. The standard InChI is InChI=1S/C6H9F2N5O/c7-6(8,2-9)3-10-5(14)4-1-11-13-12-4/h1H,2-3,9H2,(H,10,14)(H,11,12,13). The number of hydrogen-bond donors (Lipinski definition) is 3. The molecule has 0 aromatic carbocycles. The molecule has 0 radical (unpaired) electrons. The molecule has 0 saturated heterocycles. The maximum atomic E-state index is 12.6. The van der Waals surface area contributed by atoms with E-state index in [9.17, 15) is 13.6 Å². The normalized spacial score (nSPS) is 11.4. The minimum Gasteiger partial charge on any atom is -0.344 e. The molecule has 4 N–H and O–H groups in total. The van der Waals surface area contributed by atoms with E-state index in [1.165, 1.54) is 0 Å². The summed E-state index contributed by atoms with van der Waals surface area (Å²) in [4.78, 5) is 11.1. The van der Waals surface area contributed by atoms with Crippen molar-refractivity contribution in [3.8, 4) is 0 Å². The van der Waals surface area contributed by atoms with E-state index < -0.39 is 24.9 Å². The van der Waals surface area contributed by atoms with Crippen molar-refractivity contribution in [3.63, 3.8) is 0 Å². The molecule has 6 nitrogen and oxygen atoms in total. The Kier molecular flexibility index (Phi) is 3.07. The Morgan fingerprint density at radius 3 is 2.93 bits per heavy atom. The van der Waals surface area contributed by atoms with Crippen LogP contribution in [-0.4, -0.2) is 40.3 Å². The van der Waals surface area contributed by atoms with E-state index in [4.69, 9.17) is 5.73 Å². The number of alkyl halides is 2. The van der Waals surface area contributed by atoms with Crippen LogP contribution < -0.4 is 11.1 Å². The molecular weight excluding hydrogens is 196 g/mol. The van der Waals surface area contributed by atoms with Crippen molar-refractivity contribution >= 4 is 5.91 Å². The highest BCUT2D eigenvalue weighted by atomic mass is 19.3. The van der Waals surface area contributed by atoms with Gasteiger partial charge in [0.05, 0.1) is 19.3 Å². The van der Waals surface area contributed by atoms with Gasteiger partial charge in [0.25, 0.3) is 11.8 Å². The zero-order valence-electron chi connectivity index (χ0n) is 7.13. The van der Waals surface area contributed by atoms with Gasteiger partial charge in [-0.2, -0.15) is 15.4 Å². The maximum absolute atomic E-state index is 12.6. The largest absolute Gasteiger partial charge is 0.344 e. The number of aromatic amines is 1. The molecule has 0 aliphatic heterocycles. The summed E-state index contributed by atoms with van der Waals surface area (Å²) in [6.45, 7) is -1.62. The molecule has 14 heavy (non-hydrogen) atoms. The van der Waals surface area contributed by atoms with Gasteiger partial charge in [0.15, 0.2) is 5.69 Å². The van der Waals surface area contributed by atoms with Gasteiger partial charge in [-0.05, 0) is 0 Å². The highest BCUT2D eigenvalue weighted by molar-refractivity contribution is 5.91. The van der Waals surface area contributed by atoms with Crippen LogP contribution in [0, 0.1) is 0 Å². The fraction of sp³-hybridized carbons (Fsp3) is 0.500. The third-order valence-electron chi connectivity index (χ3n) is 1.45. The van der Waals surface area contributed by atoms with Crippen LogP contribution in [0.4, 0.5) is 8.78 Å². The zero-order chi connectivity index (χ0) is 10.6. The van der Waals surface area contributed by atoms with Crippen molar-refractivity contribution in [1.82, 2.24) is 20.7 Å². The van der Waals surface area contributed by atoms with E-state index in [0.717, 1.165) is 6.20 Å². The van der Waals surface area contributed by atoms with Crippen LogP contribution >= 0.6 is 0 Å². The Labute approximate surface area is 77.9 Å². The molecule has 0 bridgehead atoms. The third kappa shape index (κ3) is 2.73. The van der Waals surface area contributed by atoms with Gasteiger partial charge >= 0.3 is 0 Å². The molecule has 0 atom stereocenters. The molecule has 1 heterocycles. The lowest BCUT2D eigenvalue weighted by atomic mass is 10.3. The lowest BCUT2D eigenvalue weighted by molar-refractivity contribution is 0.0118. The minimum absolute atomic E-state index is 0.0437. The molecule has 1 rings (SSSR count). The van der Waals surface area contributed by atoms with E-state index in [2.05, 4.69) is 15.4 Å². The number of hydrogen-bond acceptors (Lipinski definition) is 4. The second-order valence-electron chi connectivity index (χ2n) is 2.60. The van der Waals surface area contributed by atoms with Gasteiger partial charge in [0.1, 0.15) is 0 Å². The van der Waals surface area contributed by atoms with Crippen molar-refractivity contribution in [2.75, 3.05) is 13.1 Å². The van der Waals surface area contributed by atoms with Gasteiger partial charge in [-0.3, -0.25) is 4.79 Å². The van der Waals surface area contributed by atoms with Gasteiger partial charge in [-0.25, -0.2) is 8.78 Å². The van der Waals surface area contributed by atoms with Crippen LogP contribution in [-0.2, 0) is 0 Å². The Balaban J connectivity index is 2.43. The monoisotopic (exact) mass is 205 g/mol. The summed E-state index contributed by atoms with van der Waals surface area (Å²) in [6, 6.07) is 0. The number of aromatic nitrogens is 3. The van der Waals surface area contributed by atoms with Crippen LogP contribution in [0.15, 0.2) is 6.20 Å². The third-order valence-corrected chi connectivity index (χ3v) is 1.45. The molecular formula is C6H9F2N5O. The average molecular weight is 205 g/mol. The first kappa shape index (κ1) is 10.5. The molecule has 0 aliphatic rings. The molecule has 78 valence electrons. The number of halogens is 2. The highest BCUT2D eigenvalue weighted by Crippen LogP contribution is 2.08. The number of carbonyl (C=O) groups excluding carboxylic acids is 1. The summed E-state index contributed by atoms with van der Waals surface area (Å²) in [5.74, 6) is -3.81. The van der Waals surface area contributed by atoms with Crippen LogP contribution in [0.3, 0.4) is 0 Å². The summed E-state index contributed by atoms with van der Waals surface area (Å²) >= 11 is 0. The number of carbonyl (C=O) groups is 1. The molecule has 8 heteroatoms. The first-order chi connectivity index (χ1) is 6.55. The van der Waals surface area contributed by atoms with Crippen molar-refractivity contribution in [3.05, 3.63) is 11.9 Å². The van der Waals surface area contributed by atoms with Crippen molar-refractivity contribution < 1.29 is 13.6 Å². The van der Waals surface area contributed by atoms with Gasteiger partial charge in [-0.1, -0.05) is 0 Å². The van der Waals surface area contributed by atoms with E-state index in [0.29, 0.717) is 0 Å². The van der Waals surface area contributed by atoms with Gasteiger partial charge in [0.2, 0.25) is 0 Å². The lowest BCUT2D eigenvalue weighted by Crippen LogP contribution is -2.41. The Morgan fingerprint density at radius 1 is 1.71 bits per heavy atom. The van der Waals surface area contributed by atoms with E-state index in [-0.39, 0.29) is 5.69 Å². The molecule has 0 unspecified atom stereocenters. The Bertz CT molecular complexity index is 299. The highest BCUT2D eigenvalue weighted by Gasteiger charge is 2.27.